The number of aliphatic hydroxyl groups excluding tert-OH is 1. The van der Waals surface area contributed by atoms with Crippen LogP contribution in [0.25, 0.3) is 11.3 Å². The number of carbonyl (C=O) groups excluding carboxylic acids is 2. The fraction of sp³-hybridized carbons (Fsp3) is 0.136. The van der Waals surface area contributed by atoms with Crippen molar-refractivity contribution < 1.29 is 23.5 Å². The van der Waals surface area contributed by atoms with E-state index in [1.807, 2.05) is 30.3 Å². The second-order valence-corrected chi connectivity index (χ2v) is 6.71. The van der Waals surface area contributed by atoms with E-state index < -0.39 is 35.6 Å². The molecule has 0 aliphatic heterocycles. The van der Waals surface area contributed by atoms with Gasteiger partial charge in [-0.15, -0.1) is 6.58 Å². The number of amides is 2. The van der Waals surface area contributed by atoms with Gasteiger partial charge in [0.15, 0.2) is 11.9 Å². The molecule has 9 heteroatoms. The number of aromatic amines is 1. The van der Waals surface area contributed by atoms with Gasteiger partial charge in [-0.05, 0) is 29.7 Å². The summed E-state index contributed by atoms with van der Waals surface area (Å²) in [7, 11) is 0. The zero-order chi connectivity index (χ0) is 22.4. The van der Waals surface area contributed by atoms with Gasteiger partial charge in [0.05, 0.1) is 5.69 Å². The molecular formula is C22H20F2N4O3. The summed E-state index contributed by atoms with van der Waals surface area (Å²) in [6.45, 7) is 3.55. The smallest absolute Gasteiger partial charge is 0.254 e. The van der Waals surface area contributed by atoms with Gasteiger partial charge in [-0.25, -0.2) is 8.78 Å². The number of halogens is 2. The molecule has 0 fully saturated rings. The minimum absolute atomic E-state index is 0.0533. The summed E-state index contributed by atoms with van der Waals surface area (Å²) < 4.78 is 26.7. The number of nitrogens with one attached hydrogen (secondary N) is 3. The molecule has 160 valence electrons. The van der Waals surface area contributed by atoms with Crippen molar-refractivity contribution in [1.29, 1.82) is 0 Å². The maximum Gasteiger partial charge on any atom is 0.254 e. The fourth-order valence-corrected chi connectivity index (χ4v) is 2.90. The second kappa shape index (κ2) is 9.77. The first kappa shape index (κ1) is 21.8. The van der Waals surface area contributed by atoms with Crippen LogP contribution in [-0.2, 0) is 9.59 Å². The van der Waals surface area contributed by atoms with Gasteiger partial charge >= 0.3 is 0 Å². The van der Waals surface area contributed by atoms with E-state index in [0.29, 0.717) is 11.8 Å². The highest BCUT2D eigenvalue weighted by Gasteiger charge is 2.25. The summed E-state index contributed by atoms with van der Waals surface area (Å²) in [5.74, 6) is -3.22. The van der Waals surface area contributed by atoms with Gasteiger partial charge in [-0.2, -0.15) is 5.10 Å². The Balaban J connectivity index is 1.68. The molecule has 4 N–H and O–H groups in total. The third-order valence-electron chi connectivity index (χ3n) is 4.40. The summed E-state index contributed by atoms with van der Waals surface area (Å²) in [4.78, 5) is 25.0. The summed E-state index contributed by atoms with van der Waals surface area (Å²) >= 11 is 0. The molecule has 2 unspecified atom stereocenters. The minimum Gasteiger partial charge on any atom is -0.378 e. The van der Waals surface area contributed by atoms with Crippen LogP contribution < -0.4 is 10.6 Å². The summed E-state index contributed by atoms with van der Waals surface area (Å²) in [5, 5.41) is 21.9. The lowest BCUT2D eigenvalue weighted by atomic mass is 10.1. The van der Waals surface area contributed by atoms with Gasteiger partial charge in [0.25, 0.3) is 5.91 Å². The van der Waals surface area contributed by atoms with Crippen molar-refractivity contribution in [3.63, 3.8) is 0 Å². The Hall–Kier alpha value is -3.85. The Kier molecular flexibility index (Phi) is 6.88. The zero-order valence-electron chi connectivity index (χ0n) is 16.3. The Morgan fingerprint density at radius 1 is 1.10 bits per heavy atom. The third kappa shape index (κ3) is 5.61. The normalized spacial score (nSPS) is 12.6. The molecule has 0 bridgehead atoms. The SMILES string of the molecule is C=CCC(NC(=O)C(O)c1cc(F)cc(F)c1)C(=O)Nc1cc(-c2ccccc2)[nH]n1. The van der Waals surface area contributed by atoms with E-state index in [1.54, 1.807) is 6.07 Å². The lowest BCUT2D eigenvalue weighted by molar-refractivity contribution is -0.133. The van der Waals surface area contributed by atoms with Crippen LogP contribution in [0.2, 0.25) is 0 Å². The van der Waals surface area contributed by atoms with Gasteiger partial charge in [0.1, 0.15) is 17.7 Å². The van der Waals surface area contributed by atoms with E-state index in [9.17, 15) is 23.5 Å². The highest BCUT2D eigenvalue weighted by Crippen LogP contribution is 2.20. The van der Waals surface area contributed by atoms with Gasteiger partial charge in [-0.3, -0.25) is 14.7 Å². The van der Waals surface area contributed by atoms with Gasteiger partial charge < -0.3 is 15.7 Å². The predicted molar refractivity (Wildman–Crippen MR) is 111 cm³/mol. The standard InChI is InChI=1S/C22H20F2N4O3/c1-2-6-17(25-22(31)20(29)14-9-15(23)11-16(24)10-14)21(30)26-19-12-18(27-28-19)13-7-4-3-5-8-13/h2-5,7-12,17,20,29H,1,6H2,(H,25,31)(H2,26,27,28,30). The van der Waals surface area contributed by atoms with Crippen LogP contribution in [0.15, 0.2) is 67.3 Å². The van der Waals surface area contributed by atoms with Crippen LogP contribution in [0.4, 0.5) is 14.6 Å². The molecule has 0 aliphatic carbocycles. The molecule has 0 aliphatic rings. The molecule has 0 spiro atoms. The molecule has 0 saturated heterocycles. The Bertz CT molecular complexity index is 1070. The summed E-state index contributed by atoms with van der Waals surface area (Å²) in [6.07, 6.45) is -0.392. The quantitative estimate of drug-likeness (QED) is 0.415. The topological polar surface area (TPSA) is 107 Å². The van der Waals surface area contributed by atoms with Crippen LogP contribution in [0.5, 0.6) is 0 Å². The maximum atomic E-state index is 13.4. The van der Waals surface area contributed by atoms with Crippen LogP contribution in [-0.4, -0.2) is 33.2 Å². The van der Waals surface area contributed by atoms with Crippen molar-refractivity contribution in [2.24, 2.45) is 0 Å². The number of anilines is 1. The number of hydrogen-bond donors (Lipinski definition) is 4. The van der Waals surface area contributed by atoms with Crippen LogP contribution in [0.1, 0.15) is 18.1 Å². The molecule has 0 saturated carbocycles. The first-order valence-corrected chi connectivity index (χ1v) is 9.34. The van der Waals surface area contributed by atoms with Gasteiger partial charge in [-0.1, -0.05) is 36.4 Å². The number of aliphatic hydroxyl groups is 1. The highest BCUT2D eigenvalue weighted by atomic mass is 19.1. The lowest BCUT2D eigenvalue weighted by Gasteiger charge is -2.19. The number of carbonyl (C=O) groups is 2. The molecule has 7 nitrogen and oxygen atoms in total. The average molecular weight is 426 g/mol. The number of rotatable bonds is 8. The van der Waals surface area contributed by atoms with Crippen LogP contribution >= 0.6 is 0 Å². The number of hydrogen-bond acceptors (Lipinski definition) is 4. The molecule has 2 atom stereocenters. The van der Waals surface area contributed by atoms with Crippen molar-refractivity contribution in [3.05, 3.63) is 84.5 Å². The van der Waals surface area contributed by atoms with Crippen molar-refractivity contribution in [1.82, 2.24) is 15.5 Å². The highest BCUT2D eigenvalue weighted by molar-refractivity contribution is 5.97. The monoisotopic (exact) mass is 426 g/mol. The van der Waals surface area contributed by atoms with Crippen molar-refractivity contribution in [3.8, 4) is 11.3 Å². The first-order chi connectivity index (χ1) is 14.9. The molecule has 3 rings (SSSR count). The average Bonchev–Trinajstić information content (AvgIpc) is 3.21. The summed E-state index contributed by atoms with van der Waals surface area (Å²) in [6, 6.07) is 12.2. The van der Waals surface area contributed by atoms with Gasteiger partial charge in [0.2, 0.25) is 5.91 Å². The van der Waals surface area contributed by atoms with E-state index in [4.69, 9.17) is 0 Å². The zero-order valence-corrected chi connectivity index (χ0v) is 16.3. The van der Waals surface area contributed by atoms with Crippen molar-refractivity contribution in [2.45, 2.75) is 18.6 Å². The number of aromatic nitrogens is 2. The number of H-pyrrole nitrogens is 1. The Labute approximate surface area is 176 Å². The molecule has 2 aromatic carbocycles. The van der Waals surface area contributed by atoms with E-state index in [2.05, 4.69) is 27.4 Å². The minimum atomic E-state index is -1.86. The molecule has 1 heterocycles. The Morgan fingerprint density at radius 3 is 2.42 bits per heavy atom. The van der Waals surface area contributed by atoms with Crippen molar-refractivity contribution in [2.75, 3.05) is 5.32 Å². The lowest BCUT2D eigenvalue weighted by Crippen LogP contribution is -2.45. The fourth-order valence-electron chi connectivity index (χ4n) is 2.90. The largest absolute Gasteiger partial charge is 0.378 e. The predicted octanol–water partition coefficient (Wildman–Crippen LogP) is 3.09. The van der Waals surface area contributed by atoms with Gasteiger partial charge in [0, 0.05) is 12.1 Å². The maximum absolute atomic E-state index is 13.4. The van der Waals surface area contributed by atoms with E-state index in [-0.39, 0.29) is 17.8 Å². The molecule has 0 radical (unpaired) electrons. The molecule has 1 aromatic heterocycles. The molecule has 31 heavy (non-hydrogen) atoms. The number of nitrogens with zero attached hydrogens (tertiary/aromatic N) is 1. The van der Waals surface area contributed by atoms with Crippen LogP contribution in [0.3, 0.4) is 0 Å². The molecular weight excluding hydrogens is 406 g/mol. The molecule has 2 amide bonds. The van der Waals surface area contributed by atoms with E-state index >= 15 is 0 Å². The first-order valence-electron chi connectivity index (χ1n) is 9.34. The van der Waals surface area contributed by atoms with E-state index in [1.165, 1.54) is 6.08 Å². The van der Waals surface area contributed by atoms with E-state index in [0.717, 1.165) is 17.7 Å². The second-order valence-electron chi connectivity index (χ2n) is 6.71. The van der Waals surface area contributed by atoms with Crippen molar-refractivity contribution >= 4 is 17.6 Å². The Morgan fingerprint density at radius 2 is 1.77 bits per heavy atom. The third-order valence-corrected chi connectivity index (χ3v) is 4.40. The van der Waals surface area contributed by atoms with Crippen LogP contribution in [0, 0.1) is 11.6 Å². The summed E-state index contributed by atoms with van der Waals surface area (Å²) in [5.41, 5.74) is 1.29. The number of benzene rings is 2. The molecule has 3 aromatic rings.